The molecule has 1 unspecified atom stereocenters. The minimum atomic E-state index is 0.327. The van der Waals surface area contributed by atoms with Crippen LogP contribution in [-0.2, 0) is 0 Å². The Bertz CT molecular complexity index is 631. The third-order valence-corrected chi connectivity index (χ3v) is 5.58. The van der Waals surface area contributed by atoms with Gasteiger partial charge in [0.05, 0.1) is 12.6 Å². The minimum Gasteiger partial charge on any atom is -0.370 e. The lowest BCUT2D eigenvalue weighted by Crippen LogP contribution is -2.37. The van der Waals surface area contributed by atoms with Crippen molar-refractivity contribution < 1.29 is 0 Å². The standard InChI is InChI=1S/C19H26N4S/c1-15-9-11-23(12-10-15)17(18-8-5-13-24-18)14-21-19(20)22-16-6-3-2-4-7-16/h2-8,13,15,17H,9-12,14H2,1H3,(H3,20,21,22). The van der Waals surface area contributed by atoms with E-state index in [2.05, 4.69) is 39.6 Å². The average molecular weight is 343 g/mol. The smallest absolute Gasteiger partial charge is 0.193 e. The molecule has 1 saturated heterocycles. The maximum Gasteiger partial charge on any atom is 0.193 e. The van der Waals surface area contributed by atoms with E-state index in [0.29, 0.717) is 18.5 Å². The highest BCUT2D eigenvalue weighted by Crippen LogP contribution is 2.29. The summed E-state index contributed by atoms with van der Waals surface area (Å²) in [6, 6.07) is 14.6. The highest BCUT2D eigenvalue weighted by Gasteiger charge is 2.25. The van der Waals surface area contributed by atoms with Gasteiger partial charge in [-0.15, -0.1) is 11.3 Å². The molecule has 1 atom stereocenters. The van der Waals surface area contributed by atoms with E-state index in [1.165, 1.54) is 17.7 Å². The summed E-state index contributed by atoms with van der Waals surface area (Å²) >= 11 is 1.81. The van der Waals surface area contributed by atoms with Crippen LogP contribution in [0.5, 0.6) is 0 Å². The van der Waals surface area contributed by atoms with Gasteiger partial charge in [-0.3, -0.25) is 9.89 Å². The van der Waals surface area contributed by atoms with Crippen molar-refractivity contribution in [1.29, 1.82) is 0 Å². The Balaban J connectivity index is 1.66. The Labute approximate surface area is 148 Å². The molecule has 1 aromatic carbocycles. The normalized spacial score (nSPS) is 18.5. The molecule has 4 nitrogen and oxygen atoms in total. The number of nitrogens with two attached hydrogens (primary N) is 1. The molecular weight excluding hydrogens is 316 g/mol. The first-order valence-corrected chi connectivity index (χ1v) is 9.50. The first-order chi connectivity index (χ1) is 11.7. The number of thiophene rings is 1. The molecule has 2 heterocycles. The maximum atomic E-state index is 6.08. The number of nitrogens with one attached hydrogen (secondary N) is 1. The van der Waals surface area contributed by atoms with Crippen LogP contribution in [-0.4, -0.2) is 30.5 Å². The number of likely N-dealkylation sites (tertiary alicyclic amines) is 1. The number of aliphatic imine (C=N–C) groups is 1. The molecule has 2 aromatic rings. The predicted octanol–water partition coefficient (Wildman–Crippen LogP) is 3.95. The Kier molecular flexibility index (Phi) is 5.88. The van der Waals surface area contributed by atoms with E-state index in [0.717, 1.165) is 24.7 Å². The van der Waals surface area contributed by atoms with Crippen LogP contribution < -0.4 is 11.1 Å². The number of piperidine rings is 1. The molecule has 0 bridgehead atoms. The summed E-state index contributed by atoms with van der Waals surface area (Å²) in [7, 11) is 0. The minimum absolute atomic E-state index is 0.327. The summed E-state index contributed by atoms with van der Waals surface area (Å²) < 4.78 is 0. The molecule has 1 aliphatic heterocycles. The summed E-state index contributed by atoms with van der Waals surface area (Å²) in [4.78, 5) is 8.55. The highest BCUT2D eigenvalue weighted by molar-refractivity contribution is 7.10. The first-order valence-electron chi connectivity index (χ1n) is 8.62. The van der Waals surface area contributed by atoms with Gasteiger partial charge in [0.1, 0.15) is 0 Å². The van der Waals surface area contributed by atoms with Crippen LogP contribution in [0.2, 0.25) is 0 Å². The zero-order valence-electron chi connectivity index (χ0n) is 14.2. The van der Waals surface area contributed by atoms with Gasteiger partial charge < -0.3 is 11.1 Å². The van der Waals surface area contributed by atoms with Gasteiger partial charge >= 0.3 is 0 Å². The van der Waals surface area contributed by atoms with Crippen molar-refractivity contribution in [2.24, 2.45) is 16.6 Å². The summed E-state index contributed by atoms with van der Waals surface area (Å²) in [5, 5.41) is 5.31. The monoisotopic (exact) mass is 342 g/mol. The van der Waals surface area contributed by atoms with E-state index in [1.54, 1.807) is 0 Å². The van der Waals surface area contributed by atoms with E-state index in [4.69, 9.17) is 5.73 Å². The lowest BCUT2D eigenvalue weighted by atomic mass is 9.97. The van der Waals surface area contributed by atoms with Gasteiger partial charge in [0.15, 0.2) is 5.96 Å². The maximum absolute atomic E-state index is 6.08. The van der Waals surface area contributed by atoms with Crippen LogP contribution in [0.1, 0.15) is 30.7 Å². The topological polar surface area (TPSA) is 53.6 Å². The van der Waals surface area contributed by atoms with Crippen molar-refractivity contribution in [2.45, 2.75) is 25.8 Å². The van der Waals surface area contributed by atoms with E-state index < -0.39 is 0 Å². The highest BCUT2D eigenvalue weighted by atomic mass is 32.1. The van der Waals surface area contributed by atoms with Crippen LogP contribution in [0, 0.1) is 5.92 Å². The molecule has 3 rings (SSSR count). The summed E-state index contributed by atoms with van der Waals surface area (Å²) in [5.41, 5.74) is 7.05. The number of benzene rings is 1. The number of para-hydroxylation sites is 1. The lowest BCUT2D eigenvalue weighted by molar-refractivity contribution is 0.143. The SMILES string of the molecule is CC1CCN(C(CN=C(N)Nc2ccccc2)c2cccs2)CC1. The third-order valence-electron chi connectivity index (χ3n) is 4.61. The van der Waals surface area contributed by atoms with Gasteiger partial charge in [-0.25, -0.2) is 0 Å². The molecule has 5 heteroatoms. The molecule has 0 saturated carbocycles. The number of hydrogen-bond acceptors (Lipinski definition) is 3. The van der Waals surface area contributed by atoms with Crippen LogP contribution >= 0.6 is 11.3 Å². The molecular formula is C19H26N4S. The fourth-order valence-electron chi connectivity index (χ4n) is 3.10. The van der Waals surface area contributed by atoms with Gasteiger partial charge in [0.2, 0.25) is 0 Å². The molecule has 128 valence electrons. The van der Waals surface area contributed by atoms with Crippen molar-refractivity contribution in [3.8, 4) is 0 Å². The Morgan fingerprint density at radius 1 is 1.25 bits per heavy atom. The van der Waals surface area contributed by atoms with Crippen LogP contribution in [0.15, 0.2) is 52.8 Å². The Morgan fingerprint density at radius 2 is 2.00 bits per heavy atom. The van der Waals surface area contributed by atoms with Crippen LogP contribution in [0.3, 0.4) is 0 Å². The molecule has 3 N–H and O–H groups in total. The van der Waals surface area contributed by atoms with Gasteiger partial charge in [0.25, 0.3) is 0 Å². The van der Waals surface area contributed by atoms with E-state index in [9.17, 15) is 0 Å². The number of guanidine groups is 1. The largest absolute Gasteiger partial charge is 0.370 e. The molecule has 1 fully saturated rings. The van der Waals surface area contributed by atoms with Crippen molar-refractivity contribution in [3.63, 3.8) is 0 Å². The summed E-state index contributed by atoms with van der Waals surface area (Å²) in [6.07, 6.45) is 2.53. The Morgan fingerprint density at radius 3 is 2.67 bits per heavy atom. The average Bonchev–Trinajstić information content (AvgIpc) is 3.12. The van der Waals surface area contributed by atoms with Crippen molar-refractivity contribution in [2.75, 3.05) is 25.0 Å². The molecule has 1 aromatic heterocycles. The van der Waals surface area contributed by atoms with Crippen LogP contribution in [0.4, 0.5) is 5.69 Å². The molecule has 24 heavy (non-hydrogen) atoms. The van der Waals surface area contributed by atoms with Crippen molar-refractivity contribution in [1.82, 2.24) is 4.90 Å². The molecule has 1 aliphatic rings. The first kappa shape index (κ1) is 17.0. The number of anilines is 1. The van der Waals surface area contributed by atoms with Crippen molar-refractivity contribution in [3.05, 3.63) is 52.7 Å². The second-order valence-electron chi connectivity index (χ2n) is 6.47. The third kappa shape index (κ3) is 4.58. The summed E-state index contributed by atoms with van der Waals surface area (Å²) in [5.74, 6) is 1.31. The fraction of sp³-hybridized carbons (Fsp3) is 0.421. The van der Waals surface area contributed by atoms with Gasteiger partial charge in [0, 0.05) is 10.6 Å². The zero-order valence-corrected chi connectivity index (χ0v) is 15.0. The number of hydrogen-bond donors (Lipinski definition) is 2. The quantitative estimate of drug-likeness (QED) is 0.639. The van der Waals surface area contributed by atoms with Gasteiger partial charge in [-0.2, -0.15) is 0 Å². The zero-order chi connectivity index (χ0) is 16.8. The lowest BCUT2D eigenvalue weighted by Gasteiger charge is -2.35. The summed E-state index contributed by atoms with van der Waals surface area (Å²) in [6.45, 7) is 5.33. The van der Waals surface area contributed by atoms with Crippen LogP contribution in [0.25, 0.3) is 0 Å². The number of nitrogens with zero attached hydrogens (tertiary/aromatic N) is 2. The molecule has 0 amide bonds. The molecule has 0 spiro atoms. The second kappa shape index (κ2) is 8.31. The predicted molar refractivity (Wildman–Crippen MR) is 104 cm³/mol. The molecule has 0 radical (unpaired) electrons. The number of rotatable bonds is 5. The Hall–Kier alpha value is -1.85. The molecule has 0 aliphatic carbocycles. The van der Waals surface area contributed by atoms with Gasteiger partial charge in [-0.1, -0.05) is 31.2 Å². The fourth-order valence-corrected chi connectivity index (χ4v) is 3.95. The van der Waals surface area contributed by atoms with E-state index in [-0.39, 0.29) is 0 Å². The second-order valence-corrected chi connectivity index (χ2v) is 7.45. The van der Waals surface area contributed by atoms with Gasteiger partial charge in [-0.05, 0) is 55.4 Å². The van der Waals surface area contributed by atoms with E-state index >= 15 is 0 Å². The van der Waals surface area contributed by atoms with E-state index in [1.807, 2.05) is 41.7 Å². The van der Waals surface area contributed by atoms with Crippen molar-refractivity contribution >= 4 is 23.0 Å².